The van der Waals surface area contributed by atoms with Crippen molar-refractivity contribution in [2.24, 2.45) is 5.41 Å². The lowest BCUT2D eigenvalue weighted by molar-refractivity contribution is -0.144. The van der Waals surface area contributed by atoms with Gasteiger partial charge in [0.05, 0.1) is 5.92 Å². The molecule has 6 nitrogen and oxygen atoms in total. The molecule has 1 aliphatic carbocycles. The minimum Gasteiger partial charge on any atom is -0.492 e. The van der Waals surface area contributed by atoms with Crippen molar-refractivity contribution < 1.29 is 14.6 Å². The maximum Gasteiger partial charge on any atom is 0.313 e. The van der Waals surface area contributed by atoms with Gasteiger partial charge in [0.25, 0.3) is 0 Å². The highest BCUT2D eigenvalue weighted by Gasteiger charge is 2.51. The molecule has 1 aromatic heterocycles. The van der Waals surface area contributed by atoms with Gasteiger partial charge in [0, 0.05) is 18.4 Å². The molecule has 29 heavy (non-hydrogen) atoms. The summed E-state index contributed by atoms with van der Waals surface area (Å²) in [5, 5.41) is 11.5. The predicted molar refractivity (Wildman–Crippen MR) is 112 cm³/mol. The van der Waals surface area contributed by atoms with Crippen LogP contribution in [0.2, 0.25) is 0 Å². The van der Waals surface area contributed by atoms with Crippen LogP contribution in [0.25, 0.3) is 10.8 Å². The Morgan fingerprint density at radius 3 is 2.59 bits per heavy atom. The molecule has 2 N–H and O–H groups in total. The van der Waals surface area contributed by atoms with E-state index in [1.807, 2.05) is 24.4 Å². The Morgan fingerprint density at radius 1 is 1.24 bits per heavy atom. The van der Waals surface area contributed by atoms with Gasteiger partial charge in [-0.3, -0.25) is 4.79 Å². The lowest BCUT2D eigenvalue weighted by Crippen LogP contribution is -2.32. The molecule has 1 saturated carbocycles. The van der Waals surface area contributed by atoms with Gasteiger partial charge in [-0.15, -0.1) is 0 Å². The summed E-state index contributed by atoms with van der Waals surface area (Å²) in [4.78, 5) is 21.3. The third kappa shape index (κ3) is 3.85. The summed E-state index contributed by atoms with van der Waals surface area (Å²) in [5.74, 6) is 1.03. The van der Waals surface area contributed by atoms with E-state index in [2.05, 4.69) is 54.1 Å². The molecule has 1 heterocycles. The maximum atomic E-state index is 11.3. The van der Waals surface area contributed by atoms with Crippen molar-refractivity contribution in [3.8, 4) is 5.75 Å². The van der Waals surface area contributed by atoms with Crippen LogP contribution in [0, 0.1) is 5.41 Å². The summed E-state index contributed by atoms with van der Waals surface area (Å²) in [6.45, 7) is 2.43. The Hall–Kier alpha value is -2.86. The van der Waals surface area contributed by atoms with Crippen molar-refractivity contribution in [1.29, 1.82) is 0 Å². The molecule has 0 bridgehead atoms. The van der Waals surface area contributed by atoms with Crippen LogP contribution in [-0.2, 0) is 4.79 Å². The third-order valence-corrected chi connectivity index (χ3v) is 6.13. The van der Waals surface area contributed by atoms with Crippen LogP contribution in [-0.4, -0.2) is 52.7 Å². The first-order valence-electron chi connectivity index (χ1n) is 9.95. The molecule has 152 valence electrons. The SMILES string of the molecule is CC(C(c1ccc2cc(OCC3(C(=O)O)CC3)ccc2c1)c1ncc[nH]1)N(C)C. The fourth-order valence-corrected chi connectivity index (χ4v) is 3.73. The highest BCUT2D eigenvalue weighted by molar-refractivity contribution is 5.85. The van der Waals surface area contributed by atoms with Crippen LogP contribution in [0.4, 0.5) is 0 Å². The topological polar surface area (TPSA) is 78.5 Å². The average molecular weight is 393 g/mol. The number of carbonyl (C=O) groups is 1. The van der Waals surface area contributed by atoms with Crippen LogP contribution < -0.4 is 4.74 Å². The second-order valence-corrected chi connectivity index (χ2v) is 8.30. The van der Waals surface area contributed by atoms with Crippen LogP contribution in [0.5, 0.6) is 5.75 Å². The van der Waals surface area contributed by atoms with Crippen molar-refractivity contribution in [2.75, 3.05) is 20.7 Å². The lowest BCUT2D eigenvalue weighted by Gasteiger charge is -2.28. The Morgan fingerprint density at radius 2 is 1.97 bits per heavy atom. The number of benzene rings is 2. The molecule has 2 unspecified atom stereocenters. The van der Waals surface area contributed by atoms with Crippen molar-refractivity contribution in [2.45, 2.75) is 31.7 Å². The van der Waals surface area contributed by atoms with Crippen LogP contribution in [0.15, 0.2) is 48.8 Å². The molecule has 0 spiro atoms. The molecule has 1 fully saturated rings. The van der Waals surface area contributed by atoms with Crippen LogP contribution >= 0.6 is 0 Å². The van der Waals surface area contributed by atoms with E-state index in [0.29, 0.717) is 18.6 Å². The zero-order valence-electron chi connectivity index (χ0n) is 17.1. The first-order valence-corrected chi connectivity index (χ1v) is 9.95. The minimum absolute atomic E-state index is 0.130. The normalized spacial score (nSPS) is 17.2. The number of hydrogen-bond acceptors (Lipinski definition) is 4. The second-order valence-electron chi connectivity index (χ2n) is 8.30. The summed E-state index contributed by atoms with van der Waals surface area (Å²) >= 11 is 0. The van der Waals surface area contributed by atoms with Gasteiger partial charge in [0.1, 0.15) is 23.6 Å². The molecule has 0 radical (unpaired) electrons. The third-order valence-electron chi connectivity index (χ3n) is 6.13. The van der Waals surface area contributed by atoms with Gasteiger partial charge < -0.3 is 19.7 Å². The number of carboxylic acids is 1. The number of carboxylic acid groups (broad SMARTS) is 1. The van der Waals surface area contributed by atoms with Gasteiger partial charge in [-0.1, -0.05) is 24.3 Å². The smallest absolute Gasteiger partial charge is 0.313 e. The number of ether oxygens (including phenoxy) is 1. The number of hydrogen-bond donors (Lipinski definition) is 2. The molecule has 3 aromatic rings. The number of aromatic amines is 1. The van der Waals surface area contributed by atoms with Crippen molar-refractivity contribution >= 4 is 16.7 Å². The monoisotopic (exact) mass is 393 g/mol. The fraction of sp³-hybridized carbons (Fsp3) is 0.391. The predicted octanol–water partition coefficient (Wildman–Crippen LogP) is 3.89. The molecule has 1 aliphatic rings. The molecule has 4 rings (SSSR count). The first kappa shape index (κ1) is 19.5. The quantitative estimate of drug-likeness (QED) is 0.607. The Balaban J connectivity index is 1.59. The van der Waals surface area contributed by atoms with Gasteiger partial charge >= 0.3 is 5.97 Å². The average Bonchev–Trinajstić information content (AvgIpc) is 3.33. The van der Waals surface area contributed by atoms with Crippen LogP contribution in [0.3, 0.4) is 0 Å². The zero-order chi connectivity index (χ0) is 20.6. The van der Waals surface area contributed by atoms with E-state index in [1.54, 1.807) is 6.20 Å². The lowest BCUT2D eigenvalue weighted by atomic mass is 9.89. The van der Waals surface area contributed by atoms with Crippen molar-refractivity contribution in [3.05, 3.63) is 60.2 Å². The number of fused-ring (bicyclic) bond motifs is 1. The van der Waals surface area contributed by atoms with E-state index < -0.39 is 11.4 Å². The van der Waals surface area contributed by atoms with E-state index >= 15 is 0 Å². The number of aliphatic carboxylic acids is 1. The van der Waals surface area contributed by atoms with Gasteiger partial charge in [-0.2, -0.15) is 0 Å². The molecule has 0 aliphatic heterocycles. The Kier molecular flexibility index (Phi) is 5.04. The number of rotatable bonds is 8. The minimum atomic E-state index is -0.762. The Labute approximate surface area is 170 Å². The summed E-state index contributed by atoms with van der Waals surface area (Å²) in [6, 6.07) is 12.6. The molecule has 0 amide bonds. The number of likely N-dealkylation sites (N-methyl/N-ethyl adjacent to an activating group) is 1. The standard InChI is InChI=1S/C23H27N3O3/c1-15(26(2)3)20(21-24-10-11-25-21)18-5-4-17-13-19(7-6-16(17)12-18)29-14-23(8-9-23)22(27)28/h4-7,10-13,15,20H,8-9,14H2,1-3H3,(H,24,25)(H,27,28). The van der Waals surface area contributed by atoms with E-state index in [0.717, 1.165) is 16.6 Å². The number of nitrogens with one attached hydrogen (secondary N) is 1. The number of H-pyrrole nitrogens is 1. The molecular formula is C23H27N3O3. The largest absolute Gasteiger partial charge is 0.492 e. The van der Waals surface area contributed by atoms with E-state index in [4.69, 9.17) is 4.74 Å². The molecule has 2 atom stereocenters. The van der Waals surface area contributed by atoms with E-state index in [9.17, 15) is 9.90 Å². The van der Waals surface area contributed by atoms with Crippen LogP contribution in [0.1, 0.15) is 37.1 Å². The summed E-state index contributed by atoms with van der Waals surface area (Å²) in [6.07, 6.45) is 5.03. The number of aromatic nitrogens is 2. The summed E-state index contributed by atoms with van der Waals surface area (Å²) in [5.41, 5.74) is 0.516. The van der Waals surface area contributed by atoms with Gasteiger partial charge in [0.15, 0.2) is 0 Å². The maximum absolute atomic E-state index is 11.3. The summed E-state index contributed by atoms with van der Waals surface area (Å²) in [7, 11) is 4.16. The first-order chi connectivity index (χ1) is 13.9. The number of imidazole rings is 1. The number of nitrogens with zero attached hydrogens (tertiary/aromatic N) is 2. The van der Waals surface area contributed by atoms with Gasteiger partial charge in [0.2, 0.25) is 0 Å². The zero-order valence-corrected chi connectivity index (χ0v) is 17.1. The molecule has 6 heteroatoms. The highest BCUT2D eigenvalue weighted by atomic mass is 16.5. The highest BCUT2D eigenvalue weighted by Crippen LogP contribution is 2.46. The van der Waals surface area contributed by atoms with E-state index in [1.165, 1.54) is 5.56 Å². The van der Waals surface area contributed by atoms with Crippen molar-refractivity contribution in [1.82, 2.24) is 14.9 Å². The second kappa shape index (κ2) is 7.52. The molecular weight excluding hydrogens is 366 g/mol. The van der Waals surface area contributed by atoms with Gasteiger partial charge in [-0.25, -0.2) is 4.98 Å². The van der Waals surface area contributed by atoms with Gasteiger partial charge in [-0.05, 0) is 62.3 Å². The fourth-order valence-electron chi connectivity index (χ4n) is 3.73. The Bertz CT molecular complexity index is 1010. The molecule has 0 saturated heterocycles. The van der Waals surface area contributed by atoms with Crippen molar-refractivity contribution in [3.63, 3.8) is 0 Å². The summed E-state index contributed by atoms with van der Waals surface area (Å²) < 4.78 is 5.81. The van der Waals surface area contributed by atoms with E-state index in [-0.39, 0.29) is 18.6 Å². The molecule has 2 aromatic carbocycles.